The van der Waals surface area contributed by atoms with E-state index in [0.29, 0.717) is 25.9 Å². The third-order valence-corrected chi connectivity index (χ3v) is 1.54. The van der Waals surface area contributed by atoms with Crippen LogP contribution in [-0.2, 0) is 9.47 Å². The molecule has 2 N–H and O–H groups in total. The standard InChI is InChI=1S/C9H21NO3/c1-8(2)10-9(6-11)7-13-5-4-12-3/h8-11H,4-7H2,1-3H3. The number of hydrogen-bond donors (Lipinski definition) is 2. The summed E-state index contributed by atoms with van der Waals surface area (Å²) in [6.07, 6.45) is 0. The molecule has 80 valence electrons. The summed E-state index contributed by atoms with van der Waals surface area (Å²) in [6, 6.07) is 0.389. The van der Waals surface area contributed by atoms with Crippen LogP contribution in [0.25, 0.3) is 0 Å². The van der Waals surface area contributed by atoms with Crippen molar-refractivity contribution in [2.45, 2.75) is 25.9 Å². The van der Waals surface area contributed by atoms with E-state index >= 15 is 0 Å². The molecule has 0 heterocycles. The van der Waals surface area contributed by atoms with Gasteiger partial charge < -0.3 is 19.9 Å². The van der Waals surface area contributed by atoms with Crippen LogP contribution in [0.15, 0.2) is 0 Å². The quantitative estimate of drug-likeness (QED) is 0.531. The number of hydrogen-bond acceptors (Lipinski definition) is 4. The van der Waals surface area contributed by atoms with Crippen LogP contribution in [0.5, 0.6) is 0 Å². The number of ether oxygens (including phenoxy) is 2. The fourth-order valence-electron chi connectivity index (χ4n) is 0.993. The lowest BCUT2D eigenvalue weighted by Gasteiger charge is -2.18. The first-order valence-electron chi connectivity index (χ1n) is 4.64. The molecule has 0 rings (SSSR count). The Balaban J connectivity index is 3.36. The molecule has 4 heteroatoms. The fourth-order valence-corrected chi connectivity index (χ4v) is 0.993. The van der Waals surface area contributed by atoms with Crippen molar-refractivity contribution in [3.05, 3.63) is 0 Å². The van der Waals surface area contributed by atoms with Crippen LogP contribution < -0.4 is 5.32 Å². The minimum absolute atomic E-state index is 0.0249. The predicted molar refractivity (Wildman–Crippen MR) is 51.8 cm³/mol. The van der Waals surface area contributed by atoms with Crippen molar-refractivity contribution in [3.8, 4) is 0 Å². The molecule has 0 spiro atoms. The molecule has 0 amide bonds. The number of nitrogens with one attached hydrogen (secondary N) is 1. The van der Waals surface area contributed by atoms with Gasteiger partial charge in [-0.05, 0) is 0 Å². The third kappa shape index (κ3) is 8.18. The molecule has 13 heavy (non-hydrogen) atoms. The Morgan fingerprint density at radius 2 is 2.00 bits per heavy atom. The molecule has 1 atom stereocenters. The van der Waals surface area contributed by atoms with Crippen LogP contribution in [-0.4, -0.2) is 50.7 Å². The molecule has 0 aromatic carbocycles. The molecule has 4 nitrogen and oxygen atoms in total. The van der Waals surface area contributed by atoms with Gasteiger partial charge in [0, 0.05) is 13.2 Å². The Morgan fingerprint density at radius 3 is 2.46 bits per heavy atom. The molecule has 0 aliphatic rings. The Kier molecular flexibility index (Phi) is 8.33. The molecular weight excluding hydrogens is 170 g/mol. The number of methoxy groups -OCH3 is 1. The van der Waals surface area contributed by atoms with Crippen molar-refractivity contribution in [1.82, 2.24) is 5.32 Å². The van der Waals surface area contributed by atoms with Crippen LogP contribution in [0, 0.1) is 0 Å². The molecule has 0 saturated heterocycles. The maximum Gasteiger partial charge on any atom is 0.0701 e. The first kappa shape index (κ1) is 12.8. The summed E-state index contributed by atoms with van der Waals surface area (Å²) in [7, 11) is 1.64. The summed E-state index contributed by atoms with van der Waals surface area (Å²) in [5, 5.41) is 12.1. The van der Waals surface area contributed by atoms with Crippen LogP contribution in [0.3, 0.4) is 0 Å². The van der Waals surface area contributed by atoms with E-state index in [1.54, 1.807) is 7.11 Å². The number of aliphatic hydroxyl groups is 1. The summed E-state index contributed by atoms with van der Waals surface area (Å²) in [6.45, 7) is 5.88. The molecule has 0 radical (unpaired) electrons. The maximum atomic E-state index is 8.96. The summed E-state index contributed by atoms with van der Waals surface area (Å²) in [5.74, 6) is 0. The lowest BCUT2D eigenvalue weighted by Crippen LogP contribution is -2.41. The molecule has 0 saturated carbocycles. The van der Waals surface area contributed by atoms with Crippen LogP contribution in [0.2, 0.25) is 0 Å². The summed E-state index contributed by atoms with van der Waals surface area (Å²) in [5.41, 5.74) is 0. The first-order chi connectivity index (χ1) is 6.20. The minimum atomic E-state index is 0.0249. The van der Waals surface area contributed by atoms with E-state index in [0.717, 1.165) is 0 Å². The van der Waals surface area contributed by atoms with Gasteiger partial charge in [-0.1, -0.05) is 13.8 Å². The second-order valence-electron chi connectivity index (χ2n) is 3.27. The maximum absolute atomic E-state index is 8.96. The van der Waals surface area contributed by atoms with Gasteiger partial charge in [-0.2, -0.15) is 0 Å². The van der Waals surface area contributed by atoms with Gasteiger partial charge in [0.2, 0.25) is 0 Å². The molecule has 0 aromatic heterocycles. The highest BCUT2D eigenvalue weighted by Crippen LogP contribution is 1.88. The molecule has 0 aromatic rings. The average molecular weight is 191 g/mol. The van der Waals surface area contributed by atoms with Gasteiger partial charge in [0.25, 0.3) is 0 Å². The zero-order valence-electron chi connectivity index (χ0n) is 8.75. The SMILES string of the molecule is COCCOCC(CO)NC(C)C. The van der Waals surface area contributed by atoms with Gasteiger partial charge in [-0.15, -0.1) is 0 Å². The minimum Gasteiger partial charge on any atom is -0.395 e. The Labute approximate surface area is 80.2 Å². The van der Waals surface area contributed by atoms with Gasteiger partial charge in [-0.25, -0.2) is 0 Å². The molecule has 0 bridgehead atoms. The topological polar surface area (TPSA) is 50.7 Å². The van der Waals surface area contributed by atoms with Crippen molar-refractivity contribution in [2.75, 3.05) is 33.5 Å². The highest BCUT2D eigenvalue weighted by atomic mass is 16.5. The molecule has 1 unspecified atom stereocenters. The summed E-state index contributed by atoms with van der Waals surface area (Å²) >= 11 is 0. The van der Waals surface area contributed by atoms with Gasteiger partial charge >= 0.3 is 0 Å². The van der Waals surface area contributed by atoms with Gasteiger partial charge in [-0.3, -0.25) is 0 Å². The molecule has 0 fully saturated rings. The molecular formula is C9H21NO3. The van der Waals surface area contributed by atoms with Crippen LogP contribution in [0.4, 0.5) is 0 Å². The van der Waals surface area contributed by atoms with E-state index < -0.39 is 0 Å². The van der Waals surface area contributed by atoms with E-state index in [9.17, 15) is 0 Å². The predicted octanol–water partition coefficient (Wildman–Crippen LogP) is 0.00830. The van der Waals surface area contributed by atoms with E-state index in [-0.39, 0.29) is 12.6 Å². The fraction of sp³-hybridized carbons (Fsp3) is 1.00. The lowest BCUT2D eigenvalue weighted by atomic mass is 10.3. The highest BCUT2D eigenvalue weighted by molar-refractivity contribution is 4.66. The lowest BCUT2D eigenvalue weighted by molar-refractivity contribution is 0.0467. The van der Waals surface area contributed by atoms with E-state index in [4.69, 9.17) is 14.6 Å². The molecule has 0 aliphatic heterocycles. The van der Waals surface area contributed by atoms with Crippen molar-refractivity contribution in [1.29, 1.82) is 0 Å². The highest BCUT2D eigenvalue weighted by Gasteiger charge is 2.07. The smallest absolute Gasteiger partial charge is 0.0701 e. The normalized spacial score (nSPS) is 13.6. The number of aliphatic hydroxyl groups excluding tert-OH is 1. The van der Waals surface area contributed by atoms with Gasteiger partial charge in [0.15, 0.2) is 0 Å². The summed E-state index contributed by atoms with van der Waals surface area (Å²) < 4.78 is 10.1. The zero-order valence-corrected chi connectivity index (χ0v) is 8.75. The second kappa shape index (κ2) is 8.44. The van der Waals surface area contributed by atoms with Crippen molar-refractivity contribution < 1.29 is 14.6 Å². The second-order valence-corrected chi connectivity index (χ2v) is 3.27. The zero-order chi connectivity index (χ0) is 10.1. The Bertz CT molecular complexity index is 109. The van der Waals surface area contributed by atoms with Crippen molar-refractivity contribution >= 4 is 0 Å². The Morgan fingerprint density at radius 1 is 1.31 bits per heavy atom. The third-order valence-electron chi connectivity index (χ3n) is 1.54. The largest absolute Gasteiger partial charge is 0.395 e. The van der Waals surface area contributed by atoms with E-state index in [2.05, 4.69) is 5.32 Å². The number of rotatable bonds is 8. The van der Waals surface area contributed by atoms with Crippen molar-refractivity contribution in [3.63, 3.8) is 0 Å². The van der Waals surface area contributed by atoms with Crippen LogP contribution in [0.1, 0.15) is 13.8 Å². The molecule has 0 aliphatic carbocycles. The van der Waals surface area contributed by atoms with Crippen LogP contribution >= 0.6 is 0 Å². The first-order valence-corrected chi connectivity index (χ1v) is 4.64. The van der Waals surface area contributed by atoms with E-state index in [1.807, 2.05) is 13.8 Å². The van der Waals surface area contributed by atoms with Gasteiger partial charge in [0.05, 0.1) is 32.5 Å². The summed E-state index contributed by atoms with van der Waals surface area (Å²) in [4.78, 5) is 0. The average Bonchev–Trinajstić information content (AvgIpc) is 2.09. The van der Waals surface area contributed by atoms with Crippen molar-refractivity contribution in [2.24, 2.45) is 0 Å². The Hall–Kier alpha value is -0.160. The monoisotopic (exact) mass is 191 g/mol. The van der Waals surface area contributed by atoms with Gasteiger partial charge in [0.1, 0.15) is 0 Å². The van der Waals surface area contributed by atoms with E-state index in [1.165, 1.54) is 0 Å².